The first-order chi connectivity index (χ1) is 20.0. The number of halogens is 1. The normalized spacial score (nSPS) is 11.2. The van der Waals surface area contributed by atoms with E-state index in [9.17, 15) is 14.4 Å². The first-order valence-electron chi connectivity index (χ1n) is 12.7. The summed E-state index contributed by atoms with van der Waals surface area (Å²) in [5.74, 6) is -0.852. The van der Waals surface area contributed by atoms with Gasteiger partial charge in [0.05, 0.1) is 16.5 Å². The van der Waals surface area contributed by atoms with Crippen LogP contribution in [-0.4, -0.2) is 28.5 Å². The van der Waals surface area contributed by atoms with Crippen molar-refractivity contribution in [3.05, 3.63) is 131 Å². The number of para-hydroxylation sites is 2. The van der Waals surface area contributed by atoms with Gasteiger partial charge in [-0.25, -0.2) is 0 Å². The van der Waals surface area contributed by atoms with Gasteiger partial charge in [0.2, 0.25) is 5.91 Å². The van der Waals surface area contributed by atoms with Crippen LogP contribution in [0.2, 0.25) is 5.02 Å². The van der Waals surface area contributed by atoms with Crippen LogP contribution in [0.1, 0.15) is 15.9 Å². The van der Waals surface area contributed by atoms with Gasteiger partial charge < -0.3 is 20.9 Å². The van der Waals surface area contributed by atoms with E-state index >= 15 is 0 Å². The number of carbonyl (C=O) groups is 3. The lowest BCUT2D eigenvalue weighted by molar-refractivity contribution is -0.114. The molecule has 0 unspecified atom stereocenters. The highest BCUT2D eigenvalue weighted by atomic mass is 35.5. The number of benzene rings is 4. The van der Waals surface area contributed by atoms with Crippen LogP contribution in [0.25, 0.3) is 17.0 Å². The van der Waals surface area contributed by atoms with E-state index in [2.05, 4.69) is 20.9 Å². The largest absolute Gasteiger partial charge is 0.361 e. The third-order valence-electron chi connectivity index (χ3n) is 6.08. The number of H-pyrrole nitrogens is 1. The third-order valence-corrected chi connectivity index (χ3v) is 7.42. The predicted molar refractivity (Wildman–Crippen MR) is 166 cm³/mol. The minimum atomic E-state index is -0.473. The number of hydrogen-bond donors (Lipinski definition) is 4. The Morgan fingerprint density at radius 3 is 2.29 bits per heavy atom. The number of fused-ring (bicyclic) bond motifs is 1. The minimum absolute atomic E-state index is 0.0956. The summed E-state index contributed by atoms with van der Waals surface area (Å²) in [7, 11) is 0. The summed E-state index contributed by atoms with van der Waals surface area (Å²) in [5.41, 5.74) is 3.32. The molecule has 0 aliphatic carbocycles. The van der Waals surface area contributed by atoms with Crippen LogP contribution in [0.15, 0.2) is 120 Å². The molecular weight excluding hydrogens is 556 g/mol. The van der Waals surface area contributed by atoms with Crippen molar-refractivity contribution in [2.75, 3.05) is 16.4 Å². The van der Waals surface area contributed by atoms with E-state index in [0.29, 0.717) is 22.0 Å². The van der Waals surface area contributed by atoms with E-state index in [-0.39, 0.29) is 17.4 Å². The van der Waals surface area contributed by atoms with Crippen LogP contribution < -0.4 is 16.0 Å². The summed E-state index contributed by atoms with van der Waals surface area (Å²) >= 11 is 7.46. The van der Waals surface area contributed by atoms with Gasteiger partial charge in [-0.3, -0.25) is 14.4 Å². The molecule has 0 bridgehead atoms. The second kappa shape index (κ2) is 13.0. The first-order valence-corrected chi connectivity index (χ1v) is 14.1. The van der Waals surface area contributed by atoms with Crippen molar-refractivity contribution in [2.24, 2.45) is 0 Å². The van der Waals surface area contributed by atoms with Crippen LogP contribution in [0.5, 0.6) is 0 Å². The van der Waals surface area contributed by atoms with E-state index in [4.69, 9.17) is 11.6 Å². The van der Waals surface area contributed by atoms with Gasteiger partial charge in [-0.1, -0.05) is 60.1 Å². The maximum absolute atomic E-state index is 13.4. The summed E-state index contributed by atoms with van der Waals surface area (Å²) < 4.78 is 0. The molecule has 0 radical (unpaired) electrons. The zero-order chi connectivity index (χ0) is 28.6. The first kappa shape index (κ1) is 27.8. The number of rotatable bonds is 9. The number of thioether (sulfide) groups is 1. The molecule has 0 fully saturated rings. The Balaban J connectivity index is 1.27. The maximum Gasteiger partial charge on any atom is 0.272 e. The fourth-order valence-corrected chi connectivity index (χ4v) is 4.92. The van der Waals surface area contributed by atoms with Gasteiger partial charge in [-0.2, -0.15) is 0 Å². The molecule has 9 heteroatoms. The standard InChI is InChI=1S/C32H25ClN4O3S/c33-26-11-5-7-13-28(26)36-30(38)20-41-24-16-14-23(15-17-24)35-32(40)29(37-31(39)21-8-2-1-3-9-21)18-22-19-34-27-12-6-4-10-25(22)27/h1-19,34H,20H2,(H,35,40)(H,36,38)(H,37,39)/b29-18-. The molecule has 1 aromatic heterocycles. The summed E-state index contributed by atoms with van der Waals surface area (Å²) in [5, 5.41) is 9.81. The van der Waals surface area contributed by atoms with Gasteiger partial charge in [0.15, 0.2) is 0 Å². The molecule has 4 aromatic carbocycles. The summed E-state index contributed by atoms with van der Waals surface area (Å²) in [6.45, 7) is 0. The Hall–Kier alpha value is -4.79. The van der Waals surface area contributed by atoms with Crippen molar-refractivity contribution in [2.45, 2.75) is 4.90 Å². The smallest absolute Gasteiger partial charge is 0.272 e. The number of aromatic amines is 1. The van der Waals surface area contributed by atoms with Crippen molar-refractivity contribution in [1.29, 1.82) is 0 Å². The number of carbonyl (C=O) groups excluding carboxylic acids is 3. The minimum Gasteiger partial charge on any atom is -0.361 e. The molecule has 204 valence electrons. The van der Waals surface area contributed by atoms with Crippen molar-refractivity contribution < 1.29 is 14.4 Å². The predicted octanol–water partition coefficient (Wildman–Crippen LogP) is 6.96. The summed E-state index contributed by atoms with van der Waals surface area (Å²) in [4.78, 5) is 42.7. The summed E-state index contributed by atoms with van der Waals surface area (Å²) in [6, 6.07) is 30.6. The molecule has 1 heterocycles. The number of hydrogen-bond acceptors (Lipinski definition) is 4. The maximum atomic E-state index is 13.4. The average Bonchev–Trinajstić information content (AvgIpc) is 3.40. The van der Waals surface area contributed by atoms with Gasteiger partial charge in [-0.05, 0) is 60.7 Å². The van der Waals surface area contributed by atoms with E-state index in [1.165, 1.54) is 11.8 Å². The van der Waals surface area contributed by atoms with E-state index < -0.39 is 11.8 Å². The third kappa shape index (κ3) is 7.25. The van der Waals surface area contributed by atoms with E-state index in [1.807, 2.05) is 42.5 Å². The zero-order valence-electron chi connectivity index (χ0n) is 21.7. The fourth-order valence-electron chi connectivity index (χ4n) is 4.04. The summed E-state index contributed by atoms with van der Waals surface area (Å²) in [6.07, 6.45) is 3.44. The SMILES string of the molecule is O=C(CSc1ccc(NC(=O)/C(=C/c2c[nH]c3ccccc23)NC(=O)c2ccccc2)cc1)Nc1ccccc1Cl. The number of anilines is 2. The molecule has 0 atom stereocenters. The second-order valence-corrected chi connectivity index (χ2v) is 10.4. The highest BCUT2D eigenvalue weighted by Crippen LogP contribution is 2.24. The quantitative estimate of drug-likeness (QED) is 0.112. The Bertz CT molecular complexity index is 1730. The molecule has 3 amide bonds. The Labute approximate surface area is 246 Å². The Kier molecular flexibility index (Phi) is 8.83. The zero-order valence-corrected chi connectivity index (χ0v) is 23.3. The molecule has 5 rings (SSSR count). The van der Waals surface area contributed by atoms with Gasteiger partial charge in [-0.15, -0.1) is 11.8 Å². The highest BCUT2D eigenvalue weighted by molar-refractivity contribution is 8.00. The molecular formula is C32H25ClN4O3S. The van der Waals surface area contributed by atoms with Crippen LogP contribution in [0, 0.1) is 0 Å². The fraction of sp³-hybridized carbons (Fsp3) is 0.0312. The van der Waals surface area contributed by atoms with Crippen LogP contribution >= 0.6 is 23.4 Å². The molecule has 0 saturated heterocycles. The van der Waals surface area contributed by atoms with Crippen LogP contribution in [0.4, 0.5) is 11.4 Å². The lowest BCUT2D eigenvalue weighted by atomic mass is 10.1. The lowest BCUT2D eigenvalue weighted by Crippen LogP contribution is -2.30. The number of aromatic nitrogens is 1. The van der Waals surface area contributed by atoms with E-state index in [1.54, 1.807) is 72.9 Å². The van der Waals surface area contributed by atoms with Gasteiger partial charge >= 0.3 is 0 Å². The molecule has 5 aromatic rings. The number of nitrogens with one attached hydrogen (secondary N) is 4. The molecule has 0 saturated carbocycles. The van der Waals surface area contributed by atoms with Gasteiger partial charge in [0, 0.05) is 38.8 Å². The van der Waals surface area contributed by atoms with Crippen molar-refractivity contribution >= 4 is 69.4 Å². The Morgan fingerprint density at radius 2 is 1.51 bits per heavy atom. The second-order valence-electron chi connectivity index (χ2n) is 8.96. The van der Waals surface area contributed by atoms with Crippen molar-refractivity contribution in [3.8, 4) is 0 Å². The molecule has 0 aliphatic heterocycles. The highest BCUT2D eigenvalue weighted by Gasteiger charge is 2.16. The Morgan fingerprint density at radius 1 is 0.805 bits per heavy atom. The molecule has 41 heavy (non-hydrogen) atoms. The molecule has 0 aliphatic rings. The molecule has 4 N–H and O–H groups in total. The van der Waals surface area contributed by atoms with Crippen LogP contribution in [0.3, 0.4) is 0 Å². The topological polar surface area (TPSA) is 103 Å². The van der Waals surface area contributed by atoms with Gasteiger partial charge in [0.1, 0.15) is 5.70 Å². The van der Waals surface area contributed by atoms with Crippen molar-refractivity contribution in [3.63, 3.8) is 0 Å². The molecule has 0 spiro atoms. The van der Waals surface area contributed by atoms with E-state index in [0.717, 1.165) is 21.4 Å². The van der Waals surface area contributed by atoms with Crippen molar-refractivity contribution in [1.82, 2.24) is 10.3 Å². The number of amides is 3. The van der Waals surface area contributed by atoms with Gasteiger partial charge in [0.25, 0.3) is 11.8 Å². The average molecular weight is 581 g/mol. The van der Waals surface area contributed by atoms with Crippen LogP contribution in [-0.2, 0) is 9.59 Å². The molecule has 7 nitrogen and oxygen atoms in total. The monoisotopic (exact) mass is 580 g/mol. The lowest BCUT2D eigenvalue weighted by Gasteiger charge is -2.12.